The highest BCUT2D eigenvalue weighted by atomic mass is 16.4. The molecule has 1 aromatic rings. The number of hydrogen-bond acceptors (Lipinski definition) is 3. The van der Waals surface area contributed by atoms with E-state index in [0.29, 0.717) is 24.9 Å². The quantitative estimate of drug-likeness (QED) is 0.868. The number of carboxylic acid groups (broad SMARTS) is 1. The Bertz CT molecular complexity index is 568. The van der Waals surface area contributed by atoms with Crippen molar-refractivity contribution in [3.05, 3.63) is 29.8 Å². The molecule has 0 spiro atoms. The summed E-state index contributed by atoms with van der Waals surface area (Å²) in [4.78, 5) is 37.6. The average molecular weight is 304 g/mol. The highest BCUT2D eigenvalue weighted by molar-refractivity contribution is 5.97. The summed E-state index contributed by atoms with van der Waals surface area (Å²) < 4.78 is 0. The summed E-state index contributed by atoms with van der Waals surface area (Å²) in [5, 5.41) is 8.60. The number of carbonyl (C=O) groups is 3. The van der Waals surface area contributed by atoms with Crippen molar-refractivity contribution < 1.29 is 19.5 Å². The summed E-state index contributed by atoms with van der Waals surface area (Å²) in [6.07, 6.45) is 1.92. The van der Waals surface area contributed by atoms with Gasteiger partial charge in [0.2, 0.25) is 5.91 Å². The Morgan fingerprint density at radius 3 is 2.50 bits per heavy atom. The van der Waals surface area contributed by atoms with Gasteiger partial charge in [0.1, 0.15) is 0 Å². The molecule has 2 amide bonds. The lowest BCUT2D eigenvalue weighted by Gasteiger charge is -2.18. The number of amides is 2. The SMILES string of the molecule is CN(CCCC(=O)O)C(=O)c1ccc(N2CCCC2=O)cc1. The summed E-state index contributed by atoms with van der Waals surface area (Å²) in [5.74, 6) is -0.893. The number of nitrogens with zero attached hydrogens (tertiary/aromatic N) is 2. The molecule has 0 aliphatic carbocycles. The topological polar surface area (TPSA) is 77.9 Å². The summed E-state index contributed by atoms with van der Waals surface area (Å²) in [7, 11) is 1.65. The maximum absolute atomic E-state index is 12.2. The second kappa shape index (κ2) is 7.06. The molecule has 1 heterocycles. The molecule has 1 N–H and O–H groups in total. The van der Waals surface area contributed by atoms with E-state index in [-0.39, 0.29) is 18.2 Å². The number of benzene rings is 1. The number of anilines is 1. The van der Waals surface area contributed by atoms with E-state index in [1.807, 2.05) is 0 Å². The van der Waals surface area contributed by atoms with Crippen molar-refractivity contribution in [1.82, 2.24) is 4.90 Å². The molecule has 1 saturated heterocycles. The molecular formula is C16H20N2O4. The van der Waals surface area contributed by atoms with E-state index in [0.717, 1.165) is 18.7 Å². The summed E-state index contributed by atoms with van der Waals surface area (Å²) in [6.45, 7) is 1.12. The lowest BCUT2D eigenvalue weighted by Crippen LogP contribution is -2.28. The molecule has 0 aromatic heterocycles. The van der Waals surface area contributed by atoms with Gasteiger partial charge >= 0.3 is 5.97 Å². The van der Waals surface area contributed by atoms with Crippen LogP contribution in [0.4, 0.5) is 5.69 Å². The third-order valence-corrected chi connectivity index (χ3v) is 3.73. The fraction of sp³-hybridized carbons (Fsp3) is 0.438. The molecule has 0 saturated carbocycles. The van der Waals surface area contributed by atoms with Crippen molar-refractivity contribution in [3.63, 3.8) is 0 Å². The van der Waals surface area contributed by atoms with E-state index in [4.69, 9.17) is 5.11 Å². The van der Waals surface area contributed by atoms with Gasteiger partial charge in [-0.3, -0.25) is 14.4 Å². The van der Waals surface area contributed by atoms with E-state index in [9.17, 15) is 14.4 Å². The van der Waals surface area contributed by atoms with Gasteiger partial charge in [0.15, 0.2) is 0 Å². The Morgan fingerprint density at radius 1 is 1.27 bits per heavy atom. The van der Waals surface area contributed by atoms with Crippen LogP contribution in [0.15, 0.2) is 24.3 Å². The largest absolute Gasteiger partial charge is 0.481 e. The fourth-order valence-electron chi connectivity index (χ4n) is 2.49. The molecule has 0 radical (unpaired) electrons. The summed E-state index contributed by atoms with van der Waals surface area (Å²) in [5.41, 5.74) is 1.35. The Hall–Kier alpha value is -2.37. The molecule has 0 atom stereocenters. The van der Waals surface area contributed by atoms with Crippen molar-refractivity contribution in [2.75, 3.05) is 25.0 Å². The first-order chi connectivity index (χ1) is 10.5. The second-order valence-electron chi connectivity index (χ2n) is 5.42. The molecule has 6 heteroatoms. The summed E-state index contributed by atoms with van der Waals surface area (Å²) >= 11 is 0. The molecule has 118 valence electrons. The zero-order valence-corrected chi connectivity index (χ0v) is 12.6. The number of rotatable bonds is 6. The first-order valence-corrected chi connectivity index (χ1v) is 7.36. The number of carbonyl (C=O) groups excluding carboxylic acids is 2. The standard InChI is InChI=1S/C16H20N2O4/c1-17(10-3-5-15(20)21)16(22)12-6-8-13(9-7-12)18-11-2-4-14(18)19/h6-9H,2-5,10-11H2,1H3,(H,20,21). The van der Waals surface area contributed by atoms with Crippen molar-refractivity contribution in [1.29, 1.82) is 0 Å². The molecular weight excluding hydrogens is 284 g/mol. The van der Waals surface area contributed by atoms with Crippen LogP contribution in [0.3, 0.4) is 0 Å². The van der Waals surface area contributed by atoms with E-state index >= 15 is 0 Å². The fourth-order valence-corrected chi connectivity index (χ4v) is 2.49. The maximum atomic E-state index is 12.2. The highest BCUT2D eigenvalue weighted by Crippen LogP contribution is 2.21. The molecule has 1 fully saturated rings. The van der Waals surface area contributed by atoms with Gasteiger partial charge in [-0.15, -0.1) is 0 Å². The molecule has 0 bridgehead atoms. The van der Waals surface area contributed by atoms with Crippen LogP contribution in [-0.2, 0) is 9.59 Å². The smallest absolute Gasteiger partial charge is 0.303 e. The third-order valence-electron chi connectivity index (χ3n) is 3.73. The Morgan fingerprint density at radius 2 is 1.95 bits per heavy atom. The molecule has 1 aliphatic rings. The lowest BCUT2D eigenvalue weighted by atomic mass is 10.1. The Kier molecular flexibility index (Phi) is 5.14. The van der Waals surface area contributed by atoms with E-state index in [1.54, 1.807) is 36.2 Å². The normalized spacial score (nSPS) is 14.2. The van der Waals surface area contributed by atoms with Gasteiger partial charge in [-0.2, -0.15) is 0 Å². The van der Waals surface area contributed by atoms with Gasteiger partial charge in [-0.1, -0.05) is 0 Å². The van der Waals surface area contributed by atoms with Crippen LogP contribution in [0, 0.1) is 0 Å². The first-order valence-electron chi connectivity index (χ1n) is 7.36. The Balaban J connectivity index is 1.95. The maximum Gasteiger partial charge on any atom is 0.303 e. The summed E-state index contributed by atoms with van der Waals surface area (Å²) in [6, 6.07) is 6.97. The molecule has 0 unspecified atom stereocenters. The molecule has 6 nitrogen and oxygen atoms in total. The molecule has 22 heavy (non-hydrogen) atoms. The van der Waals surface area contributed by atoms with E-state index < -0.39 is 5.97 Å². The monoisotopic (exact) mass is 304 g/mol. The zero-order valence-electron chi connectivity index (χ0n) is 12.6. The highest BCUT2D eigenvalue weighted by Gasteiger charge is 2.22. The van der Waals surface area contributed by atoms with Gasteiger partial charge in [0.05, 0.1) is 0 Å². The number of aliphatic carboxylic acids is 1. The average Bonchev–Trinajstić information content (AvgIpc) is 2.92. The van der Waals surface area contributed by atoms with E-state index in [1.165, 1.54) is 4.90 Å². The minimum Gasteiger partial charge on any atom is -0.481 e. The third kappa shape index (κ3) is 3.84. The second-order valence-corrected chi connectivity index (χ2v) is 5.42. The molecule has 1 aromatic carbocycles. The van der Waals surface area contributed by atoms with Crippen LogP contribution in [0.2, 0.25) is 0 Å². The van der Waals surface area contributed by atoms with Crippen molar-refractivity contribution >= 4 is 23.5 Å². The van der Waals surface area contributed by atoms with Crippen LogP contribution >= 0.6 is 0 Å². The van der Waals surface area contributed by atoms with Gasteiger partial charge in [-0.25, -0.2) is 0 Å². The van der Waals surface area contributed by atoms with Gasteiger partial charge in [0, 0.05) is 44.2 Å². The van der Waals surface area contributed by atoms with Crippen LogP contribution in [-0.4, -0.2) is 47.9 Å². The predicted molar refractivity (Wildman–Crippen MR) is 81.9 cm³/mol. The number of hydrogen-bond donors (Lipinski definition) is 1. The van der Waals surface area contributed by atoms with Gasteiger partial charge in [-0.05, 0) is 37.1 Å². The zero-order chi connectivity index (χ0) is 16.1. The molecule has 1 aliphatic heterocycles. The minimum absolute atomic E-state index is 0.0492. The molecule has 2 rings (SSSR count). The van der Waals surface area contributed by atoms with Gasteiger partial charge in [0.25, 0.3) is 5.91 Å². The predicted octanol–water partition coefficient (Wildman–Crippen LogP) is 1.75. The van der Waals surface area contributed by atoms with Crippen molar-refractivity contribution in [3.8, 4) is 0 Å². The van der Waals surface area contributed by atoms with Crippen LogP contribution < -0.4 is 4.90 Å². The van der Waals surface area contributed by atoms with E-state index in [2.05, 4.69) is 0 Å². The van der Waals surface area contributed by atoms with Crippen molar-refractivity contribution in [2.45, 2.75) is 25.7 Å². The Labute approximate surface area is 129 Å². The van der Waals surface area contributed by atoms with Crippen LogP contribution in [0.25, 0.3) is 0 Å². The number of carboxylic acids is 1. The van der Waals surface area contributed by atoms with Crippen molar-refractivity contribution in [2.24, 2.45) is 0 Å². The van der Waals surface area contributed by atoms with Crippen LogP contribution in [0.1, 0.15) is 36.0 Å². The first kappa shape index (κ1) is 16.0. The lowest BCUT2D eigenvalue weighted by molar-refractivity contribution is -0.137. The van der Waals surface area contributed by atoms with Gasteiger partial charge < -0.3 is 14.9 Å². The minimum atomic E-state index is -0.861. The van der Waals surface area contributed by atoms with Crippen LogP contribution in [0.5, 0.6) is 0 Å².